The summed E-state index contributed by atoms with van der Waals surface area (Å²) >= 11 is 0. The molecule has 0 bridgehead atoms. The first-order chi connectivity index (χ1) is 12.9. The van der Waals surface area contributed by atoms with Gasteiger partial charge in [-0.3, -0.25) is 15.4 Å². The molecule has 0 spiro atoms. The summed E-state index contributed by atoms with van der Waals surface area (Å²) in [6, 6.07) is 12.4. The second-order valence-electron chi connectivity index (χ2n) is 5.24. The molecule has 2 N–H and O–H groups in total. The first-order valence-electron chi connectivity index (χ1n) is 7.66. The van der Waals surface area contributed by atoms with Crippen molar-refractivity contribution in [3.05, 3.63) is 75.5 Å². The zero-order chi connectivity index (χ0) is 19.8. The third-order valence-corrected chi connectivity index (χ3v) is 3.36. The Labute approximate surface area is 154 Å². The molecule has 0 radical (unpaired) electrons. The van der Waals surface area contributed by atoms with Gasteiger partial charge < -0.3 is 14.6 Å². The molecule has 1 amide bonds. The average molecular weight is 372 g/mol. The summed E-state index contributed by atoms with van der Waals surface area (Å²) < 4.78 is 9.62. The lowest BCUT2D eigenvalue weighted by Gasteiger charge is -2.09. The molecule has 0 aliphatic rings. The number of benzene rings is 2. The Bertz CT molecular complexity index is 879. The lowest BCUT2D eigenvalue weighted by atomic mass is 10.1. The summed E-state index contributed by atoms with van der Waals surface area (Å²) in [5.41, 5.74) is 0.254. The molecule has 0 aromatic heterocycles. The fourth-order valence-electron chi connectivity index (χ4n) is 2.08. The largest absolute Gasteiger partial charge is 0.502 e. The third-order valence-electron chi connectivity index (χ3n) is 3.36. The topological polar surface area (TPSA) is 128 Å². The monoisotopic (exact) mass is 372 g/mol. The normalized spacial score (nSPS) is 10.8. The van der Waals surface area contributed by atoms with E-state index in [0.29, 0.717) is 0 Å². The van der Waals surface area contributed by atoms with Gasteiger partial charge in [-0.05, 0) is 29.3 Å². The van der Waals surface area contributed by atoms with Crippen molar-refractivity contribution in [3.63, 3.8) is 0 Å². The summed E-state index contributed by atoms with van der Waals surface area (Å²) in [4.78, 5) is 33.8. The Morgan fingerprint density at radius 1 is 1.22 bits per heavy atom. The van der Waals surface area contributed by atoms with Crippen LogP contribution >= 0.6 is 0 Å². The molecular formula is C18H16N2O7. The molecule has 0 heterocycles. The minimum atomic E-state index is -0.887. The van der Waals surface area contributed by atoms with E-state index in [0.717, 1.165) is 24.8 Å². The number of nitro groups is 1. The van der Waals surface area contributed by atoms with Gasteiger partial charge in [0.25, 0.3) is 0 Å². The molecular weight excluding hydrogens is 356 g/mol. The van der Waals surface area contributed by atoms with Gasteiger partial charge in [0.1, 0.15) is 12.3 Å². The number of carbonyl (C=O) groups is 2. The highest BCUT2D eigenvalue weighted by molar-refractivity contribution is 5.96. The second-order valence-corrected chi connectivity index (χ2v) is 5.24. The Morgan fingerprint density at radius 3 is 2.52 bits per heavy atom. The molecule has 9 heteroatoms. The Kier molecular flexibility index (Phi) is 6.48. The highest BCUT2D eigenvalue weighted by Gasteiger charge is 2.17. The lowest BCUT2D eigenvalue weighted by molar-refractivity contribution is -0.385. The van der Waals surface area contributed by atoms with E-state index >= 15 is 0 Å². The van der Waals surface area contributed by atoms with Crippen LogP contribution in [0.3, 0.4) is 0 Å². The number of amides is 1. The van der Waals surface area contributed by atoms with Gasteiger partial charge in [0.05, 0.1) is 12.0 Å². The molecule has 0 fully saturated rings. The van der Waals surface area contributed by atoms with E-state index in [9.17, 15) is 24.8 Å². The van der Waals surface area contributed by atoms with Crippen LogP contribution in [-0.4, -0.2) is 29.2 Å². The van der Waals surface area contributed by atoms with Crippen molar-refractivity contribution in [3.8, 4) is 5.75 Å². The standard InChI is InChI=1S/C18H16N2O7/c1-26-17(22)14(9-13-7-8-15(20(24)25)16(21)10-13)19-18(23)27-11-12-5-3-2-4-6-12/h2-10,21H,11H2,1H3,(H,19,23)/b14-9-. The summed E-state index contributed by atoms with van der Waals surface area (Å²) in [5, 5.41) is 22.6. The lowest BCUT2D eigenvalue weighted by Crippen LogP contribution is -2.28. The van der Waals surface area contributed by atoms with Gasteiger partial charge >= 0.3 is 17.7 Å². The highest BCUT2D eigenvalue weighted by atomic mass is 16.6. The number of methoxy groups -OCH3 is 1. The molecule has 0 aliphatic heterocycles. The number of carbonyl (C=O) groups excluding carboxylic acids is 2. The van der Waals surface area contributed by atoms with E-state index in [1.807, 2.05) is 6.07 Å². The van der Waals surface area contributed by atoms with Crippen molar-refractivity contribution >= 4 is 23.8 Å². The number of ether oxygens (including phenoxy) is 2. The number of hydrogen-bond acceptors (Lipinski definition) is 7. The summed E-state index contributed by atoms with van der Waals surface area (Å²) in [6.45, 7) is -0.000550. The predicted octanol–water partition coefficient (Wildman–Crippen LogP) is 2.74. The molecule has 2 aromatic rings. The van der Waals surface area contributed by atoms with Gasteiger partial charge in [-0.1, -0.05) is 30.3 Å². The van der Waals surface area contributed by atoms with Gasteiger partial charge in [0, 0.05) is 6.07 Å². The van der Waals surface area contributed by atoms with E-state index < -0.39 is 28.4 Å². The fourth-order valence-corrected chi connectivity index (χ4v) is 2.08. The number of alkyl carbamates (subject to hydrolysis) is 1. The predicted molar refractivity (Wildman–Crippen MR) is 94.5 cm³/mol. The maximum Gasteiger partial charge on any atom is 0.412 e. The molecule has 0 unspecified atom stereocenters. The number of esters is 1. The van der Waals surface area contributed by atoms with Crippen molar-refractivity contribution in [1.82, 2.24) is 5.32 Å². The number of hydrogen-bond donors (Lipinski definition) is 2. The maximum atomic E-state index is 11.9. The van der Waals surface area contributed by atoms with Crippen molar-refractivity contribution in [2.45, 2.75) is 6.61 Å². The number of nitro benzene ring substituents is 1. The van der Waals surface area contributed by atoms with E-state index in [4.69, 9.17) is 4.74 Å². The zero-order valence-corrected chi connectivity index (χ0v) is 14.2. The zero-order valence-electron chi connectivity index (χ0n) is 14.2. The van der Waals surface area contributed by atoms with Gasteiger partial charge in [-0.2, -0.15) is 0 Å². The Hall–Kier alpha value is -3.88. The van der Waals surface area contributed by atoms with Crippen molar-refractivity contribution in [1.29, 1.82) is 0 Å². The van der Waals surface area contributed by atoms with Crippen molar-refractivity contribution in [2.24, 2.45) is 0 Å². The van der Waals surface area contributed by atoms with Gasteiger partial charge in [0.15, 0.2) is 5.75 Å². The average Bonchev–Trinajstić information content (AvgIpc) is 2.65. The third kappa shape index (κ3) is 5.56. The van der Waals surface area contributed by atoms with Crippen LogP contribution in [0.15, 0.2) is 54.2 Å². The first-order valence-corrected chi connectivity index (χ1v) is 7.66. The summed E-state index contributed by atoms with van der Waals surface area (Å²) in [5.74, 6) is -1.44. The molecule has 0 saturated heterocycles. The van der Waals surface area contributed by atoms with Crippen molar-refractivity contribution < 1.29 is 29.1 Å². The quantitative estimate of drug-likeness (QED) is 0.345. The van der Waals surface area contributed by atoms with Crippen LogP contribution < -0.4 is 5.32 Å². The van der Waals surface area contributed by atoms with Crippen LogP contribution in [0.25, 0.3) is 6.08 Å². The number of rotatable bonds is 6. The molecule has 0 saturated carbocycles. The van der Waals surface area contributed by atoms with E-state index in [-0.39, 0.29) is 17.9 Å². The van der Waals surface area contributed by atoms with Gasteiger partial charge in [0.2, 0.25) is 0 Å². The van der Waals surface area contributed by atoms with Crippen LogP contribution in [0.5, 0.6) is 5.75 Å². The Morgan fingerprint density at radius 2 is 1.93 bits per heavy atom. The molecule has 140 valence electrons. The van der Waals surface area contributed by atoms with Crippen LogP contribution in [0.2, 0.25) is 0 Å². The fraction of sp³-hybridized carbons (Fsp3) is 0.111. The molecule has 0 aliphatic carbocycles. The Balaban J connectivity index is 2.13. The minimum Gasteiger partial charge on any atom is -0.502 e. The smallest absolute Gasteiger partial charge is 0.412 e. The number of aromatic hydroxyl groups is 1. The molecule has 2 aromatic carbocycles. The molecule has 0 atom stereocenters. The number of phenols is 1. The van der Waals surface area contributed by atoms with Crippen LogP contribution in [-0.2, 0) is 20.9 Å². The molecule has 2 rings (SSSR count). The number of nitrogens with one attached hydrogen (secondary N) is 1. The summed E-state index contributed by atoms with van der Waals surface area (Å²) in [6.07, 6.45) is 0.306. The van der Waals surface area contributed by atoms with Crippen LogP contribution in [0.1, 0.15) is 11.1 Å². The van der Waals surface area contributed by atoms with Crippen LogP contribution in [0.4, 0.5) is 10.5 Å². The second kappa shape index (κ2) is 8.99. The SMILES string of the molecule is COC(=O)/C(=C/c1ccc([N+](=O)[O-])c(O)c1)NC(=O)OCc1ccccc1. The highest BCUT2D eigenvalue weighted by Crippen LogP contribution is 2.27. The van der Waals surface area contributed by atoms with Gasteiger partial charge in [-0.15, -0.1) is 0 Å². The number of phenolic OH excluding ortho intramolecular Hbond substituents is 1. The van der Waals surface area contributed by atoms with E-state index in [1.165, 1.54) is 12.1 Å². The molecule has 9 nitrogen and oxygen atoms in total. The minimum absolute atomic E-state index is 0.000550. The van der Waals surface area contributed by atoms with Crippen molar-refractivity contribution in [2.75, 3.05) is 7.11 Å². The summed E-state index contributed by atoms with van der Waals surface area (Å²) in [7, 11) is 1.13. The maximum absolute atomic E-state index is 11.9. The number of nitrogens with zero attached hydrogens (tertiary/aromatic N) is 1. The van der Waals surface area contributed by atoms with Gasteiger partial charge in [-0.25, -0.2) is 9.59 Å². The van der Waals surface area contributed by atoms with Crippen LogP contribution in [0, 0.1) is 10.1 Å². The van der Waals surface area contributed by atoms with E-state index in [2.05, 4.69) is 10.1 Å². The van der Waals surface area contributed by atoms with E-state index in [1.54, 1.807) is 24.3 Å². The first kappa shape index (κ1) is 19.4. The molecule has 27 heavy (non-hydrogen) atoms.